The van der Waals surface area contributed by atoms with Gasteiger partial charge in [0, 0.05) is 24.9 Å². The van der Waals surface area contributed by atoms with Crippen LogP contribution in [-0.2, 0) is 0 Å². The van der Waals surface area contributed by atoms with Crippen LogP contribution in [0.25, 0.3) is 22.4 Å². The van der Waals surface area contributed by atoms with E-state index in [1.165, 1.54) is 18.5 Å². The van der Waals surface area contributed by atoms with Crippen LogP contribution in [0.3, 0.4) is 0 Å². The summed E-state index contributed by atoms with van der Waals surface area (Å²) in [6, 6.07) is 6.15. The first-order valence-electron chi connectivity index (χ1n) is 9.38. The number of allylic oxidation sites excluding steroid dienone is 2. The second kappa shape index (κ2) is 9.64. The fourth-order valence-electron chi connectivity index (χ4n) is 2.68. The van der Waals surface area contributed by atoms with E-state index in [0.29, 0.717) is 29.2 Å². The molecule has 0 spiro atoms. The Morgan fingerprint density at radius 2 is 1.93 bits per heavy atom. The predicted molar refractivity (Wildman–Crippen MR) is 116 cm³/mol. The van der Waals surface area contributed by atoms with Crippen molar-refractivity contribution in [1.82, 2.24) is 19.9 Å². The van der Waals surface area contributed by atoms with Crippen molar-refractivity contribution >= 4 is 22.7 Å². The van der Waals surface area contributed by atoms with Gasteiger partial charge in [-0.15, -0.1) is 0 Å². The Hall–Kier alpha value is -3.48. The molecule has 0 bridgehead atoms. The normalized spacial score (nSPS) is 12.7. The van der Waals surface area contributed by atoms with Crippen molar-refractivity contribution in [2.45, 2.75) is 20.3 Å². The lowest BCUT2D eigenvalue weighted by Gasteiger charge is -2.09. The number of halogens is 1. The summed E-state index contributed by atoms with van der Waals surface area (Å²) < 4.78 is 13.2. The van der Waals surface area contributed by atoms with Crippen molar-refractivity contribution in [2.24, 2.45) is 4.99 Å². The molecule has 148 valence electrons. The molecule has 0 unspecified atom stereocenters. The van der Waals surface area contributed by atoms with Gasteiger partial charge in [0.1, 0.15) is 12.1 Å². The molecule has 1 aromatic carbocycles. The minimum Gasteiger partial charge on any atom is -0.364 e. The third-order valence-electron chi connectivity index (χ3n) is 4.30. The zero-order valence-corrected chi connectivity index (χ0v) is 16.7. The average molecular weight is 390 g/mol. The molecule has 0 saturated carbocycles. The number of benzene rings is 1. The summed E-state index contributed by atoms with van der Waals surface area (Å²) in [6.07, 6.45) is 10.2. The second-order valence-corrected chi connectivity index (χ2v) is 6.40. The monoisotopic (exact) mass is 390 g/mol. The lowest BCUT2D eigenvalue weighted by molar-refractivity contribution is 0.628. The number of hydrogen-bond acceptors (Lipinski definition) is 6. The number of rotatable bonds is 7. The molecule has 1 N–H and O–H groups in total. The molecular formula is C22H23FN6. The van der Waals surface area contributed by atoms with E-state index in [1.54, 1.807) is 25.4 Å². The van der Waals surface area contributed by atoms with E-state index in [-0.39, 0.29) is 5.82 Å². The van der Waals surface area contributed by atoms with Crippen LogP contribution in [0.15, 0.2) is 65.6 Å². The van der Waals surface area contributed by atoms with Crippen LogP contribution in [0, 0.1) is 5.82 Å². The average Bonchev–Trinajstić information content (AvgIpc) is 2.75. The first kappa shape index (κ1) is 20.3. The fourth-order valence-corrected chi connectivity index (χ4v) is 2.68. The van der Waals surface area contributed by atoms with Crippen LogP contribution in [0.1, 0.15) is 20.3 Å². The predicted octanol–water partition coefficient (Wildman–Crippen LogP) is 4.62. The number of anilines is 1. The van der Waals surface area contributed by atoms with E-state index in [2.05, 4.69) is 43.2 Å². The Morgan fingerprint density at radius 1 is 1.14 bits per heavy atom. The maximum atomic E-state index is 13.2. The highest BCUT2D eigenvalue weighted by Gasteiger charge is 2.09. The number of nitrogens with zero attached hydrogens (tertiary/aromatic N) is 5. The van der Waals surface area contributed by atoms with Crippen molar-refractivity contribution < 1.29 is 4.39 Å². The summed E-state index contributed by atoms with van der Waals surface area (Å²) in [5, 5.41) is 3.33. The Morgan fingerprint density at radius 3 is 2.66 bits per heavy atom. The molecule has 0 aliphatic rings. The van der Waals surface area contributed by atoms with Crippen LogP contribution in [0.5, 0.6) is 0 Å². The Kier molecular flexibility index (Phi) is 6.73. The first-order chi connectivity index (χ1) is 14.1. The Balaban J connectivity index is 1.88. The lowest BCUT2D eigenvalue weighted by atomic mass is 10.1. The number of hydrogen-bond donors (Lipinski definition) is 1. The van der Waals surface area contributed by atoms with Gasteiger partial charge in [-0.05, 0) is 49.3 Å². The Labute approximate surface area is 169 Å². The highest BCUT2D eigenvalue weighted by atomic mass is 19.1. The van der Waals surface area contributed by atoms with E-state index in [9.17, 15) is 4.39 Å². The van der Waals surface area contributed by atoms with Gasteiger partial charge in [-0.25, -0.2) is 24.3 Å². The summed E-state index contributed by atoms with van der Waals surface area (Å²) in [6.45, 7) is 4.63. The van der Waals surface area contributed by atoms with E-state index < -0.39 is 0 Å². The van der Waals surface area contributed by atoms with Crippen LogP contribution in [0.4, 0.5) is 10.2 Å². The van der Waals surface area contributed by atoms with Gasteiger partial charge < -0.3 is 5.32 Å². The van der Waals surface area contributed by atoms with Crippen LogP contribution in [-0.4, -0.2) is 39.2 Å². The van der Waals surface area contributed by atoms with Gasteiger partial charge in [0.05, 0.1) is 11.9 Å². The van der Waals surface area contributed by atoms with Gasteiger partial charge in [-0.1, -0.05) is 19.1 Å². The molecule has 0 amide bonds. The molecule has 2 aromatic heterocycles. The van der Waals surface area contributed by atoms with Crippen molar-refractivity contribution in [3.8, 4) is 11.3 Å². The summed E-state index contributed by atoms with van der Waals surface area (Å²) in [7, 11) is 1.77. The maximum absolute atomic E-state index is 13.2. The summed E-state index contributed by atoms with van der Waals surface area (Å²) >= 11 is 0. The minimum atomic E-state index is -0.292. The highest BCUT2D eigenvalue weighted by molar-refractivity contribution is 5.93. The smallest absolute Gasteiger partial charge is 0.183 e. The third kappa shape index (κ3) is 5.28. The number of nitrogens with one attached hydrogen (secondary N) is 1. The number of aromatic nitrogens is 4. The van der Waals surface area contributed by atoms with Crippen LogP contribution >= 0.6 is 0 Å². The Bertz CT molecular complexity index is 1070. The van der Waals surface area contributed by atoms with Gasteiger partial charge in [-0.2, -0.15) is 0 Å². The number of aliphatic imine (C=N–C) groups is 1. The van der Waals surface area contributed by atoms with Gasteiger partial charge in [0.25, 0.3) is 0 Å². The van der Waals surface area contributed by atoms with E-state index in [4.69, 9.17) is 0 Å². The summed E-state index contributed by atoms with van der Waals surface area (Å²) in [5.41, 5.74) is 4.55. The zero-order valence-electron chi connectivity index (χ0n) is 16.7. The molecule has 0 atom stereocenters. The lowest BCUT2D eigenvalue weighted by Crippen LogP contribution is -2.07. The molecule has 6 nitrogen and oxygen atoms in total. The van der Waals surface area contributed by atoms with Crippen molar-refractivity contribution in [3.63, 3.8) is 0 Å². The van der Waals surface area contributed by atoms with Gasteiger partial charge in [-0.3, -0.25) is 4.99 Å². The zero-order chi connectivity index (χ0) is 20.6. The van der Waals surface area contributed by atoms with Crippen molar-refractivity contribution in [3.05, 3.63) is 66.4 Å². The molecule has 0 radical (unpaired) electrons. The molecular weight excluding hydrogens is 367 g/mol. The SMILES string of the molecule is CC/C=C(/C=C\C(C)=N/C)CNc1ncnc2ncc(-c3ccc(F)cc3)nc12. The standard InChI is InChI=1S/C22H23FN6/c1-4-5-16(7-6-15(2)24-3)12-25-21-20-22(28-14-27-21)26-13-19(29-20)17-8-10-18(23)11-9-17/h5-11,13-14H,4,12H2,1-3H3,(H,25,26,27,28)/b7-6-,16-5-,24-15-. The molecule has 3 aromatic rings. The van der Waals surface area contributed by atoms with Crippen LogP contribution < -0.4 is 5.32 Å². The quantitative estimate of drug-likeness (QED) is 0.470. The molecule has 0 fully saturated rings. The van der Waals surface area contributed by atoms with Gasteiger partial charge in [0.2, 0.25) is 0 Å². The maximum Gasteiger partial charge on any atom is 0.183 e. The molecule has 29 heavy (non-hydrogen) atoms. The molecule has 3 rings (SSSR count). The molecule has 0 aliphatic carbocycles. The minimum absolute atomic E-state index is 0.292. The fraction of sp³-hybridized carbons (Fsp3) is 0.227. The van der Waals surface area contributed by atoms with E-state index in [1.807, 2.05) is 19.1 Å². The van der Waals surface area contributed by atoms with Gasteiger partial charge in [0.15, 0.2) is 17.0 Å². The number of fused-ring (bicyclic) bond motifs is 1. The summed E-state index contributed by atoms with van der Waals surface area (Å²) in [5.74, 6) is 0.308. The molecule has 7 heteroatoms. The highest BCUT2D eigenvalue weighted by Crippen LogP contribution is 2.22. The van der Waals surface area contributed by atoms with Gasteiger partial charge >= 0.3 is 0 Å². The first-order valence-corrected chi connectivity index (χ1v) is 9.38. The second-order valence-electron chi connectivity index (χ2n) is 6.40. The van der Waals surface area contributed by atoms with Crippen molar-refractivity contribution in [1.29, 1.82) is 0 Å². The van der Waals surface area contributed by atoms with E-state index in [0.717, 1.165) is 23.3 Å². The molecule has 0 aliphatic heterocycles. The topological polar surface area (TPSA) is 76.0 Å². The van der Waals surface area contributed by atoms with Crippen molar-refractivity contribution in [2.75, 3.05) is 18.9 Å². The third-order valence-corrected chi connectivity index (χ3v) is 4.30. The largest absolute Gasteiger partial charge is 0.364 e. The molecule has 2 heterocycles. The molecule has 0 saturated heterocycles. The van der Waals surface area contributed by atoms with Crippen LogP contribution in [0.2, 0.25) is 0 Å². The summed E-state index contributed by atoms with van der Waals surface area (Å²) in [4.78, 5) is 21.7. The van der Waals surface area contributed by atoms with E-state index >= 15 is 0 Å².